The highest BCUT2D eigenvalue weighted by Crippen LogP contribution is 2.37. The van der Waals surface area contributed by atoms with Crippen molar-refractivity contribution in [3.05, 3.63) is 34.0 Å². The maximum absolute atomic E-state index is 12.5. The molecule has 2 aliphatic heterocycles. The van der Waals surface area contributed by atoms with Gasteiger partial charge in [-0.1, -0.05) is 12.2 Å². The predicted molar refractivity (Wildman–Crippen MR) is 86.0 cm³/mol. The molecule has 2 atom stereocenters. The summed E-state index contributed by atoms with van der Waals surface area (Å²) in [5.41, 5.74) is 1.08. The zero-order valence-electron chi connectivity index (χ0n) is 12.9. The van der Waals surface area contributed by atoms with Gasteiger partial charge in [-0.25, -0.2) is 0 Å². The molecule has 120 valence electrons. The van der Waals surface area contributed by atoms with Crippen LogP contribution in [0.3, 0.4) is 0 Å². The number of carbonyl (C=O) groups excluding carboxylic acids is 3. The third kappa shape index (κ3) is 2.24. The Hall–Kier alpha value is -1.95. The highest BCUT2D eigenvalue weighted by Gasteiger charge is 2.52. The molecule has 0 N–H and O–H groups in total. The van der Waals surface area contributed by atoms with Crippen molar-refractivity contribution in [3.8, 4) is 0 Å². The smallest absolute Gasteiger partial charge is 0.264 e. The van der Waals surface area contributed by atoms with Crippen molar-refractivity contribution < 1.29 is 14.4 Å². The molecule has 4 rings (SSSR count). The fourth-order valence-corrected chi connectivity index (χ4v) is 4.53. The van der Waals surface area contributed by atoms with Crippen LogP contribution in [0.25, 0.3) is 0 Å². The summed E-state index contributed by atoms with van der Waals surface area (Å²) in [7, 11) is 0. The lowest BCUT2D eigenvalue weighted by Gasteiger charge is -2.43. The first-order valence-corrected chi connectivity index (χ1v) is 8.80. The van der Waals surface area contributed by atoms with E-state index in [2.05, 4.69) is 0 Å². The Morgan fingerprint density at radius 3 is 2.26 bits per heavy atom. The molecule has 2 saturated heterocycles. The number of carbonyl (C=O) groups is 3. The minimum Gasteiger partial charge on any atom is -0.334 e. The molecule has 6 heteroatoms. The maximum Gasteiger partial charge on any atom is 0.264 e. The fraction of sp³-hybridized carbons (Fsp3) is 0.471. The summed E-state index contributed by atoms with van der Waals surface area (Å²) in [6.45, 7) is 2.88. The van der Waals surface area contributed by atoms with Gasteiger partial charge in [-0.15, -0.1) is 11.3 Å². The van der Waals surface area contributed by atoms with Crippen LogP contribution in [0, 0.1) is 18.8 Å². The van der Waals surface area contributed by atoms with E-state index in [1.807, 2.05) is 30.5 Å². The minimum absolute atomic E-state index is 0.00229. The van der Waals surface area contributed by atoms with Crippen molar-refractivity contribution in [1.82, 2.24) is 9.80 Å². The molecule has 0 spiro atoms. The van der Waals surface area contributed by atoms with E-state index < -0.39 is 0 Å². The monoisotopic (exact) mass is 330 g/mol. The van der Waals surface area contributed by atoms with Crippen LogP contribution in [-0.4, -0.2) is 46.7 Å². The second kappa shape index (κ2) is 5.30. The van der Waals surface area contributed by atoms with Gasteiger partial charge < -0.3 is 4.90 Å². The Labute approximate surface area is 138 Å². The second-order valence-electron chi connectivity index (χ2n) is 6.55. The van der Waals surface area contributed by atoms with Crippen LogP contribution in [0.1, 0.15) is 28.1 Å². The zero-order chi connectivity index (χ0) is 16.1. The molecule has 3 heterocycles. The number of amides is 3. The number of imide groups is 1. The van der Waals surface area contributed by atoms with Gasteiger partial charge in [-0.3, -0.25) is 19.3 Å². The molecule has 2 unspecified atom stereocenters. The average Bonchev–Trinajstić information content (AvgIpc) is 3.04. The van der Waals surface area contributed by atoms with E-state index in [0.717, 1.165) is 10.4 Å². The van der Waals surface area contributed by atoms with E-state index in [-0.39, 0.29) is 35.6 Å². The topological polar surface area (TPSA) is 57.7 Å². The maximum atomic E-state index is 12.5. The van der Waals surface area contributed by atoms with Crippen LogP contribution >= 0.6 is 11.3 Å². The summed E-state index contributed by atoms with van der Waals surface area (Å²) >= 11 is 1.44. The highest BCUT2D eigenvalue weighted by molar-refractivity contribution is 7.12. The number of aryl methyl sites for hydroxylation is 1. The van der Waals surface area contributed by atoms with Crippen LogP contribution in [0.2, 0.25) is 0 Å². The van der Waals surface area contributed by atoms with Crippen molar-refractivity contribution in [3.63, 3.8) is 0 Å². The molecule has 0 radical (unpaired) electrons. The van der Waals surface area contributed by atoms with Crippen LogP contribution in [0.5, 0.6) is 0 Å². The van der Waals surface area contributed by atoms with Gasteiger partial charge >= 0.3 is 0 Å². The Morgan fingerprint density at radius 2 is 1.74 bits per heavy atom. The number of fused-ring (bicyclic) bond motifs is 1. The zero-order valence-corrected chi connectivity index (χ0v) is 13.7. The fourth-order valence-electron chi connectivity index (χ4n) is 3.67. The van der Waals surface area contributed by atoms with Gasteiger partial charge in [-0.05, 0) is 36.8 Å². The Balaban J connectivity index is 1.43. The summed E-state index contributed by atoms with van der Waals surface area (Å²) < 4.78 is 0. The molecule has 0 saturated carbocycles. The molecule has 3 aliphatic rings. The van der Waals surface area contributed by atoms with Gasteiger partial charge in [0.2, 0.25) is 11.8 Å². The van der Waals surface area contributed by atoms with Crippen LogP contribution in [0.4, 0.5) is 0 Å². The molecule has 1 aliphatic carbocycles. The number of hydrogen-bond acceptors (Lipinski definition) is 4. The summed E-state index contributed by atoms with van der Waals surface area (Å²) in [4.78, 5) is 41.2. The summed E-state index contributed by atoms with van der Waals surface area (Å²) in [5, 5.41) is 1.95. The number of hydrogen-bond donors (Lipinski definition) is 0. The second-order valence-corrected chi connectivity index (χ2v) is 7.47. The van der Waals surface area contributed by atoms with Gasteiger partial charge in [-0.2, -0.15) is 0 Å². The third-order valence-electron chi connectivity index (χ3n) is 5.00. The molecule has 1 aromatic rings. The van der Waals surface area contributed by atoms with E-state index in [1.54, 1.807) is 4.90 Å². The highest BCUT2D eigenvalue weighted by atomic mass is 32.1. The summed E-state index contributed by atoms with van der Waals surface area (Å²) in [5.74, 6) is -0.464. The molecule has 2 fully saturated rings. The first-order valence-electron chi connectivity index (χ1n) is 7.92. The van der Waals surface area contributed by atoms with Gasteiger partial charge in [0.25, 0.3) is 5.91 Å². The Kier molecular flexibility index (Phi) is 3.37. The lowest BCUT2D eigenvalue weighted by Crippen LogP contribution is -2.62. The van der Waals surface area contributed by atoms with Crippen LogP contribution in [0.15, 0.2) is 23.6 Å². The number of likely N-dealkylation sites (tertiary alicyclic amines) is 2. The SMILES string of the molecule is Cc1csc(C(=O)N2CC(N3C(=O)C4CC=CCC4C3=O)C2)c1. The Bertz CT molecular complexity index is 691. The van der Waals surface area contributed by atoms with E-state index >= 15 is 0 Å². The quantitative estimate of drug-likeness (QED) is 0.614. The molecule has 0 aromatic carbocycles. The van der Waals surface area contributed by atoms with Crippen molar-refractivity contribution in [1.29, 1.82) is 0 Å². The number of allylic oxidation sites excluding steroid dienone is 2. The van der Waals surface area contributed by atoms with Crippen molar-refractivity contribution in [2.75, 3.05) is 13.1 Å². The van der Waals surface area contributed by atoms with Crippen LogP contribution in [-0.2, 0) is 9.59 Å². The van der Waals surface area contributed by atoms with E-state index in [9.17, 15) is 14.4 Å². The van der Waals surface area contributed by atoms with Gasteiger partial charge in [0.1, 0.15) is 0 Å². The van der Waals surface area contributed by atoms with E-state index in [0.29, 0.717) is 25.9 Å². The largest absolute Gasteiger partial charge is 0.334 e. The Morgan fingerprint density at radius 1 is 1.13 bits per heavy atom. The number of nitrogens with zero attached hydrogens (tertiary/aromatic N) is 2. The molecular weight excluding hydrogens is 312 g/mol. The molecule has 0 bridgehead atoms. The third-order valence-corrected chi connectivity index (χ3v) is 6.03. The van der Waals surface area contributed by atoms with E-state index in [4.69, 9.17) is 0 Å². The number of thiophene rings is 1. The van der Waals surface area contributed by atoms with Gasteiger partial charge in [0.15, 0.2) is 0 Å². The molecule has 3 amide bonds. The van der Waals surface area contributed by atoms with Crippen molar-refractivity contribution >= 4 is 29.1 Å². The normalized spacial score (nSPS) is 27.3. The van der Waals surface area contributed by atoms with Crippen molar-refractivity contribution in [2.45, 2.75) is 25.8 Å². The molecule has 5 nitrogen and oxygen atoms in total. The first-order chi connectivity index (χ1) is 11.1. The predicted octanol–water partition coefficient (Wildman–Crippen LogP) is 1.83. The van der Waals surface area contributed by atoms with Crippen molar-refractivity contribution in [2.24, 2.45) is 11.8 Å². The molecular formula is C17H18N2O3S. The molecule has 23 heavy (non-hydrogen) atoms. The molecule has 1 aromatic heterocycles. The lowest BCUT2D eigenvalue weighted by molar-refractivity contribution is -0.145. The van der Waals surface area contributed by atoms with Gasteiger partial charge in [0.05, 0.1) is 22.8 Å². The summed E-state index contributed by atoms with van der Waals surface area (Å²) in [6.07, 6.45) is 5.31. The van der Waals surface area contributed by atoms with E-state index in [1.165, 1.54) is 16.2 Å². The van der Waals surface area contributed by atoms with Gasteiger partial charge in [0, 0.05) is 13.1 Å². The average molecular weight is 330 g/mol. The van der Waals surface area contributed by atoms with Crippen LogP contribution < -0.4 is 0 Å². The first kappa shape index (κ1) is 14.6. The minimum atomic E-state index is -0.183. The lowest BCUT2D eigenvalue weighted by atomic mass is 9.85. The standard InChI is InChI=1S/C17H18N2O3S/c1-10-6-14(23-9-10)17(22)18-7-11(8-18)19-15(20)12-4-2-3-5-13(12)16(19)21/h2-3,6,9,11-13H,4-5,7-8H2,1H3. The number of rotatable bonds is 2. The summed E-state index contributed by atoms with van der Waals surface area (Å²) in [6, 6.07) is 1.73.